The van der Waals surface area contributed by atoms with Crippen molar-refractivity contribution in [2.45, 2.75) is 43.3 Å². The van der Waals surface area contributed by atoms with E-state index in [9.17, 15) is 26.8 Å². The summed E-state index contributed by atoms with van der Waals surface area (Å²) in [6.07, 6.45) is 1.02. The zero-order chi connectivity index (χ0) is 28.1. The van der Waals surface area contributed by atoms with Crippen molar-refractivity contribution in [1.82, 2.24) is 19.0 Å². The smallest absolute Gasteiger partial charge is 0.267 e. The number of hydrogen-bond acceptors (Lipinski definition) is 5. The average molecular weight is 587 g/mol. The maximum absolute atomic E-state index is 14.7. The third-order valence-electron chi connectivity index (χ3n) is 6.54. The summed E-state index contributed by atoms with van der Waals surface area (Å²) in [5.41, 5.74) is 0.00429. The van der Waals surface area contributed by atoms with E-state index in [1.165, 1.54) is 35.4 Å². The van der Waals surface area contributed by atoms with Gasteiger partial charge in [-0.05, 0) is 57.8 Å². The Kier molecular flexibility index (Phi) is 7.77. The molecule has 2 unspecified atom stereocenters. The quantitative estimate of drug-likeness (QED) is 0.515. The van der Waals surface area contributed by atoms with E-state index in [4.69, 9.17) is 23.2 Å². The number of carbonyl (C=O) groups is 2. The van der Waals surface area contributed by atoms with Gasteiger partial charge in [0.25, 0.3) is 10.0 Å². The van der Waals surface area contributed by atoms with E-state index in [-0.39, 0.29) is 39.3 Å². The average Bonchev–Trinajstić information content (AvgIpc) is 2.81. The lowest BCUT2D eigenvalue weighted by Gasteiger charge is -2.49. The number of nitrogens with zero attached hydrogens (tertiary/aromatic N) is 4. The highest BCUT2D eigenvalue weighted by Gasteiger charge is 2.51. The molecule has 0 N–H and O–H groups in total. The SMILES string of the molecule is CC(C)N1C=C2N(C(=O)C(N(C)C)CN2S(=O)(=O)c2ccc(Cl)cc2Cl)C(Cc2ccc(F)cc2F)C1=O. The van der Waals surface area contributed by atoms with Gasteiger partial charge in [0.1, 0.15) is 34.4 Å². The summed E-state index contributed by atoms with van der Waals surface area (Å²) in [7, 11) is -1.14. The van der Waals surface area contributed by atoms with Crippen LogP contribution in [-0.4, -0.2) is 78.0 Å². The van der Waals surface area contributed by atoms with Crippen molar-refractivity contribution in [3.8, 4) is 0 Å². The topological polar surface area (TPSA) is 81.2 Å². The van der Waals surface area contributed by atoms with Gasteiger partial charge in [-0.2, -0.15) is 0 Å². The standard InChI is InChI=1S/C25H26Cl2F2N4O4S/c1-14(2)31-13-23-32(38(36,37)22-8-6-16(26)10-18(22)27)12-21(30(3)4)25(35)33(23)20(24(31)34)9-15-5-7-17(28)11-19(15)29/h5-8,10-11,13-14,20-21H,9,12H2,1-4H3. The van der Waals surface area contributed by atoms with Gasteiger partial charge in [-0.3, -0.25) is 19.4 Å². The van der Waals surface area contributed by atoms with Crippen LogP contribution >= 0.6 is 23.2 Å². The number of sulfonamides is 1. The molecule has 2 amide bonds. The predicted octanol–water partition coefficient (Wildman–Crippen LogP) is 3.70. The zero-order valence-corrected chi connectivity index (χ0v) is 23.4. The fraction of sp³-hybridized carbons (Fsp3) is 0.360. The number of carbonyl (C=O) groups excluding carboxylic acids is 2. The highest BCUT2D eigenvalue weighted by atomic mass is 35.5. The van der Waals surface area contributed by atoms with E-state index in [0.717, 1.165) is 15.3 Å². The maximum atomic E-state index is 14.7. The number of likely N-dealkylation sites (N-methyl/N-ethyl adjacent to an activating group) is 1. The van der Waals surface area contributed by atoms with Crippen molar-refractivity contribution >= 4 is 45.0 Å². The first-order valence-electron chi connectivity index (χ1n) is 11.7. The summed E-state index contributed by atoms with van der Waals surface area (Å²) in [4.78, 5) is 31.1. The van der Waals surface area contributed by atoms with Crippen LogP contribution in [0.25, 0.3) is 0 Å². The zero-order valence-electron chi connectivity index (χ0n) is 21.0. The molecule has 38 heavy (non-hydrogen) atoms. The molecule has 2 atom stereocenters. The summed E-state index contributed by atoms with van der Waals surface area (Å²) in [5.74, 6) is -2.79. The van der Waals surface area contributed by atoms with Crippen LogP contribution in [-0.2, 0) is 26.0 Å². The maximum Gasteiger partial charge on any atom is 0.267 e. The minimum Gasteiger partial charge on any atom is -0.311 e. The van der Waals surface area contributed by atoms with Gasteiger partial charge in [0, 0.05) is 29.8 Å². The van der Waals surface area contributed by atoms with Gasteiger partial charge in [-0.15, -0.1) is 0 Å². The second-order valence-corrected chi connectivity index (χ2v) is 12.3. The van der Waals surface area contributed by atoms with Crippen molar-refractivity contribution in [2.75, 3.05) is 20.6 Å². The Morgan fingerprint density at radius 1 is 1.05 bits per heavy atom. The highest BCUT2D eigenvalue weighted by molar-refractivity contribution is 7.89. The molecule has 0 aromatic heterocycles. The Balaban J connectivity index is 1.90. The largest absolute Gasteiger partial charge is 0.311 e. The molecular weight excluding hydrogens is 561 g/mol. The van der Waals surface area contributed by atoms with Crippen LogP contribution < -0.4 is 0 Å². The number of amides is 2. The molecule has 2 heterocycles. The molecule has 1 saturated heterocycles. The van der Waals surface area contributed by atoms with Crippen LogP contribution in [0.5, 0.6) is 0 Å². The number of rotatable bonds is 6. The molecule has 13 heteroatoms. The van der Waals surface area contributed by atoms with E-state index in [1.807, 2.05) is 0 Å². The summed E-state index contributed by atoms with van der Waals surface area (Å²) >= 11 is 12.2. The van der Waals surface area contributed by atoms with Crippen LogP contribution in [0, 0.1) is 11.6 Å². The molecule has 2 aromatic carbocycles. The molecule has 2 aromatic rings. The third kappa shape index (κ3) is 5.00. The van der Waals surface area contributed by atoms with Crippen LogP contribution in [0.15, 0.2) is 53.3 Å². The first kappa shape index (κ1) is 28.3. The van der Waals surface area contributed by atoms with Crippen molar-refractivity contribution < 1.29 is 26.8 Å². The fourth-order valence-corrected chi connectivity index (χ4v) is 6.72. The number of fused-ring (bicyclic) bond motifs is 1. The molecule has 0 bridgehead atoms. The van der Waals surface area contributed by atoms with Gasteiger partial charge < -0.3 is 4.90 Å². The minimum absolute atomic E-state index is 0.00429. The Morgan fingerprint density at radius 3 is 2.32 bits per heavy atom. The second-order valence-electron chi connectivity index (χ2n) is 9.58. The van der Waals surface area contributed by atoms with Crippen molar-refractivity contribution in [3.63, 3.8) is 0 Å². The van der Waals surface area contributed by atoms with Crippen molar-refractivity contribution in [3.05, 3.63) is 75.7 Å². The molecule has 2 aliphatic heterocycles. The molecule has 0 aliphatic carbocycles. The van der Waals surface area contributed by atoms with Crippen LogP contribution in [0.4, 0.5) is 8.78 Å². The van der Waals surface area contributed by atoms with Gasteiger partial charge in [-0.1, -0.05) is 29.3 Å². The van der Waals surface area contributed by atoms with Gasteiger partial charge >= 0.3 is 0 Å². The number of halogens is 4. The van der Waals surface area contributed by atoms with Crippen molar-refractivity contribution in [1.29, 1.82) is 0 Å². The lowest BCUT2D eigenvalue weighted by molar-refractivity contribution is -0.152. The van der Waals surface area contributed by atoms with Gasteiger partial charge in [0.05, 0.1) is 11.6 Å². The molecular formula is C25H26Cl2F2N4O4S. The molecule has 0 radical (unpaired) electrons. The summed E-state index contributed by atoms with van der Waals surface area (Å²) in [5, 5.41) is 0.130. The second kappa shape index (κ2) is 10.4. The van der Waals surface area contributed by atoms with Crippen LogP contribution in [0.3, 0.4) is 0 Å². The van der Waals surface area contributed by atoms with Gasteiger partial charge in [-0.25, -0.2) is 21.5 Å². The lowest BCUT2D eigenvalue weighted by Crippen LogP contribution is -2.67. The van der Waals surface area contributed by atoms with E-state index >= 15 is 0 Å². The Morgan fingerprint density at radius 2 is 1.74 bits per heavy atom. The molecule has 2 aliphatic rings. The predicted molar refractivity (Wildman–Crippen MR) is 139 cm³/mol. The van der Waals surface area contributed by atoms with E-state index in [1.54, 1.807) is 32.8 Å². The van der Waals surface area contributed by atoms with E-state index in [2.05, 4.69) is 0 Å². The fourth-order valence-electron chi connectivity index (χ4n) is 4.52. The van der Waals surface area contributed by atoms with Gasteiger partial charge in [0.15, 0.2) is 0 Å². The van der Waals surface area contributed by atoms with Crippen LogP contribution in [0.2, 0.25) is 10.0 Å². The minimum atomic E-state index is -4.35. The Hall–Kier alpha value is -2.73. The van der Waals surface area contributed by atoms with Gasteiger partial charge in [0.2, 0.25) is 11.8 Å². The Bertz CT molecular complexity index is 1430. The number of benzene rings is 2. The summed E-state index contributed by atoms with van der Waals surface area (Å²) < 4.78 is 57.2. The van der Waals surface area contributed by atoms with E-state index in [0.29, 0.717) is 6.07 Å². The molecule has 204 valence electrons. The van der Waals surface area contributed by atoms with Crippen molar-refractivity contribution in [2.24, 2.45) is 0 Å². The molecule has 0 saturated carbocycles. The lowest BCUT2D eigenvalue weighted by atomic mass is 9.98. The Labute approximate surface area is 230 Å². The number of hydrogen-bond donors (Lipinski definition) is 0. The molecule has 0 spiro atoms. The monoisotopic (exact) mass is 586 g/mol. The summed E-state index contributed by atoms with van der Waals surface area (Å²) in [6.45, 7) is 3.19. The highest BCUT2D eigenvalue weighted by Crippen LogP contribution is 2.37. The first-order chi connectivity index (χ1) is 17.7. The normalized spacial score (nSPS) is 20.4. The first-order valence-corrected chi connectivity index (χ1v) is 13.9. The molecule has 4 rings (SSSR count). The molecule has 8 nitrogen and oxygen atoms in total. The molecule has 1 fully saturated rings. The summed E-state index contributed by atoms with van der Waals surface area (Å²) in [6, 6.07) is 4.24. The van der Waals surface area contributed by atoms with E-state index < -0.39 is 51.6 Å². The van der Waals surface area contributed by atoms with Crippen LogP contribution in [0.1, 0.15) is 19.4 Å². The third-order valence-corrected chi connectivity index (χ3v) is 9.03.